The molecule has 146 valence electrons. The number of benzene rings is 1. The van der Waals surface area contributed by atoms with Gasteiger partial charge < -0.3 is 25.4 Å². The molecule has 7 nitrogen and oxygen atoms in total. The molecule has 1 atom stereocenters. The molecule has 0 spiro atoms. The van der Waals surface area contributed by atoms with Crippen LogP contribution < -0.4 is 15.4 Å². The van der Waals surface area contributed by atoms with Crippen LogP contribution in [0.3, 0.4) is 0 Å². The minimum atomic E-state index is -0.707. The van der Waals surface area contributed by atoms with Crippen LogP contribution in [0.5, 0.6) is 5.75 Å². The number of carbonyl (C=O) groups excluding carboxylic acids is 1. The lowest BCUT2D eigenvalue weighted by atomic mass is 10.1. The molecule has 1 aromatic rings. The molecule has 7 heteroatoms. The van der Waals surface area contributed by atoms with Gasteiger partial charge in [0.05, 0.1) is 18.8 Å². The Kier molecular flexibility index (Phi) is 9.51. The quantitative estimate of drug-likeness (QED) is 0.457. The zero-order chi connectivity index (χ0) is 19.5. The van der Waals surface area contributed by atoms with Gasteiger partial charge in [0.2, 0.25) is 5.91 Å². The van der Waals surface area contributed by atoms with Crippen LogP contribution in [0.15, 0.2) is 29.3 Å². The zero-order valence-electron chi connectivity index (χ0n) is 16.5. The smallest absolute Gasteiger partial charge is 0.223 e. The molecular weight excluding hydrogens is 332 g/mol. The molecule has 0 aliphatic rings. The molecule has 0 radical (unpaired) electrons. The van der Waals surface area contributed by atoms with Gasteiger partial charge in [-0.1, -0.05) is 12.1 Å². The number of amides is 1. The van der Waals surface area contributed by atoms with Gasteiger partial charge in [-0.25, -0.2) is 0 Å². The van der Waals surface area contributed by atoms with E-state index in [0.717, 1.165) is 11.3 Å². The Labute approximate surface area is 156 Å². The molecule has 1 rings (SSSR count). The molecule has 0 saturated carbocycles. The number of rotatable bonds is 9. The molecule has 0 fully saturated rings. The first-order valence-electron chi connectivity index (χ1n) is 9.00. The summed E-state index contributed by atoms with van der Waals surface area (Å²) in [5.74, 6) is 1.41. The third-order valence-electron chi connectivity index (χ3n) is 3.53. The second kappa shape index (κ2) is 11.4. The van der Waals surface area contributed by atoms with Gasteiger partial charge in [0.15, 0.2) is 5.96 Å². The van der Waals surface area contributed by atoms with Crippen molar-refractivity contribution >= 4 is 11.9 Å². The topological polar surface area (TPSA) is 86.2 Å². The average molecular weight is 364 g/mol. The van der Waals surface area contributed by atoms with Crippen LogP contribution >= 0.6 is 0 Å². The fraction of sp³-hybridized carbons (Fsp3) is 0.579. The van der Waals surface area contributed by atoms with Gasteiger partial charge in [-0.3, -0.25) is 9.79 Å². The number of nitrogens with one attached hydrogen (secondary N) is 2. The third kappa shape index (κ3) is 8.20. The molecule has 1 unspecified atom stereocenters. The van der Waals surface area contributed by atoms with Crippen molar-refractivity contribution in [2.24, 2.45) is 4.99 Å². The number of ether oxygens (including phenoxy) is 1. The van der Waals surface area contributed by atoms with Crippen LogP contribution in [0.2, 0.25) is 0 Å². The summed E-state index contributed by atoms with van der Waals surface area (Å²) in [5, 5.41) is 16.5. The molecule has 0 aliphatic carbocycles. The summed E-state index contributed by atoms with van der Waals surface area (Å²) in [4.78, 5) is 17.6. The van der Waals surface area contributed by atoms with Crippen molar-refractivity contribution in [1.29, 1.82) is 0 Å². The van der Waals surface area contributed by atoms with Gasteiger partial charge in [0.25, 0.3) is 0 Å². The number of aliphatic hydroxyl groups excluding tert-OH is 1. The molecule has 0 aromatic heterocycles. The number of nitrogens with zero attached hydrogens (tertiary/aromatic N) is 2. The molecule has 0 heterocycles. The Balaban J connectivity index is 2.57. The van der Waals surface area contributed by atoms with Crippen molar-refractivity contribution in [2.45, 2.75) is 39.4 Å². The second-order valence-electron chi connectivity index (χ2n) is 6.44. The number of hydrogen-bond donors (Lipinski definition) is 3. The predicted octanol–water partition coefficient (Wildman–Crippen LogP) is 1.54. The van der Waals surface area contributed by atoms with Crippen molar-refractivity contribution in [2.75, 3.05) is 33.7 Å². The summed E-state index contributed by atoms with van der Waals surface area (Å²) in [6.45, 7) is 7.32. The maximum absolute atomic E-state index is 11.6. The highest BCUT2D eigenvalue weighted by atomic mass is 16.5. The van der Waals surface area contributed by atoms with E-state index in [0.29, 0.717) is 25.5 Å². The zero-order valence-corrected chi connectivity index (χ0v) is 16.5. The van der Waals surface area contributed by atoms with Crippen molar-refractivity contribution in [3.63, 3.8) is 0 Å². The van der Waals surface area contributed by atoms with Crippen molar-refractivity contribution in [1.82, 2.24) is 15.5 Å². The Bertz CT molecular complexity index is 571. The number of hydrogen-bond acceptors (Lipinski definition) is 4. The Morgan fingerprint density at radius 1 is 1.23 bits per heavy atom. The van der Waals surface area contributed by atoms with E-state index in [2.05, 4.69) is 15.6 Å². The van der Waals surface area contributed by atoms with Gasteiger partial charge in [0, 0.05) is 33.6 Å². The fourth-order valence-corrected chi connectivity index (χ4v) is 2.18. The lowest BCUT2D eigenvalue weighted by Gasteiger charge is -2.15. The van der Waals surface area contributed by atoms with Crippen LogP contribution in [-0.2, 0) is 4.79 Å². The molecule has 0 aliphatic heterocycles. The highest BCUT2D eigenvalue weighted by Crippen LogP contribution is 2.19. The number of aliphatic imine (C=N–C) groups is 1. The van der Waals surface area contributed by atoms with Gasteiger partial charge in [-0.2, -0.15) is 0 Å². The molecule has 1 amide bonds. The van der Waals surface area contributed by atoms with E-state index in [1.165, 1.54) is 0 Å². The molecule has 3 N–H and O–H groups in total. The summed E-state index contributed by atoms with van der Waals surface area (Å²) >= 11 is 0. The van der Waals surface area contributed by atoms with E-state index < -0.39 is 6.10 Å². The highest BCUT2D eigenvalue weighted by Gasteiger charge is 2.09. The summed E-state index contributed by atoms with van der Waals surface area (Å²) in [6, 6.07) is 7.37. The Hall–Kier alpha value is -2.28. The Morgan fingerprint density at radius 2 is 1.88 bits per heavy atom. The standard InChI is InChI=1S/C19H32N4O3/c1-6-20-19(21-12-11-18(25)23(4)5)22-13-17(24)15-7-9-16(10-8-15)26-14(2)3/h7-10,14,17,24H,6,11-13H2,1-5H3,(H2,20,21,22). The van der Waals surface area contributed by atoms with Crippen molar-refractivity contribution in [3.05, 3.63) is 29.8 Å². The third-order valence-corrected chi connectivity index (χ3v) is 3.53. The van der Waals surface area contributed by atoms with E-state index in [1.54, 1.807) is 19.0 Å². The van der Waals surface area contributed by atoms with Crippen LogP contribution in [0.1, 0.15) is 38.9 Å². The van der Waals surface area contributed by atoms with Gasteiger partial charge in [-0.05, 0) is 38.5 Å². The lowest BCUT2D eigenvalue weighted by molar-refractivity contribution is -0.128. The van der Waals surface area contributed by atoms with E-state index in [9.17, 15) is 9.90 Å². The largest absolute Gasteiger partial charge is 0.491 e. The summed E-state index contributed by atoms with van der Waals surface area (Å²) < 4.78 is 5.60. The van der Waals surface area contributed by atoms with Crippen LogP contribution in [0.4, 0.5) is 0 Å². The summed E-state index contributed by atoms with van der Waals surface area (Å²) in [6.07, 6.45) is -0.206. The first-order chi connectivity index (χ1) is 12.3. The van der Waals surface area contributed by atoms with Gasteiger partial charge in [-0.15, -0.1) is 0 Å². The molecule has 0 saturated heterocycles. The lowest BCUT2D eigenvalue weighted by Crippen LogP contribution is -2.39. The average Bonchev–Trinajstić information content (AvgIpc) is 2.59. The normalized spacial score (nSPS) is 12.7. The van der Waals surface area contributed by atoms with Crippen molar-refractivity contribution in [3.8, 4) is 5.75 Å². The number of guanidine groups is 1. The van der Waals surface area contributed by atoms with Gasteiger partial charge >= 0.3 is 0 Å². The van der Waals surface area contributed by atoms with Gasteiger partial charge in [0.1, 0.15) is 5.75 Å². The SMILES string of the molecule is CCNC(=NCC(O)c1ccc(OC(C)C)cc1)NCCC(=O)N(C)C. The first kappa shape index (κ1) is 21.8. The summed E-state index contributed by atoms with van der Waals surface area (Å²) in [5.41, 5.74) is 0.781. The number of aliphatic hydroxyl groups is 1. The molecule has 26 heavy (non-hydrogen) atoms. The van der Waals surface area contributed by atoms with Crippen LogP contribution in [0.25, 0.3) is 0 Å². The molecule has 0 bridgehead atoms. The minimum absolute atomic E-state index is 0.0529. The number of carbonyl (C=O) groups is 1. The second-order valence-corrected chi connectivity index (χ2v) is 6.44. The summed E-state index contributed by atoms with van der Waals surface area (Å²) in [7, 11) is 3.46. The first-order valence-corrected chi connectivity index (χ1v) is 9.00. The van der Waals surface area contributed by atoms with E-state index in [1.807, 2.05) is 45.0 Å². The maximum Gasteiger partial charge on any atom is 0.223 e. The van der Waals surface area contributed by atoms with Crippen LogP contribution in [-0.4, -0.2) is 61.7 Å². The minimum Gasteiger partial charge on any atom is -0.491 e. The van der Waals surface area contributed by atoms with Crippen molar-refractivity contribution < 1.29 is 14.6 Å². The highest BCUT2D eigenvalue weighted by molar-refractivity contribution is 5.81. The monoisotopic (exact) mass is 364 g/mol. The van der Waals surface area contributed by atoms with E-state index in [4.69, 9.17) is 4.74 Å². The molecule has 1 aromatic carbocycles. The maximum atomic E-state index is 11.6. The van der Waals surface area contributed by atoms with E-state index >= 15 is 0 Å². The Morgan fingerprint density at radius 3 is 2.42 bits per heavy atom. The predicted molar refractivity (Wildman–Crippen MR) is 104 cm³/mol. The van der Waals surface area contributed by atoms with E-state index in [-0.39, 0.29) is 18.6 Å². The fourth-order valence-electron chi connectivity index (χ4n) is 2.18. The van der Waals surface area contributed by atoms with Crippen LogP contribution in [0, 0.1) is 0 Å². The molecular formula is C19H32N4O3.